The number of hydrogen-bond donors (Lipinski definition) is 2. The fourth-order valence-corrected chi connectivity index (χ4v) is 4.37. The maximum Gasteiger partial charge on any atom is 0.319 e. The van der Waals surface area contributed by atoms with Crippen LogP contribution in [-0.4, -0.2) is 41.0 Å². The van der Waals surface area contributed by atoms with Crippen LogP contribution in [0.4, 0.5) is 10.5 Å². The van der Waals surface area contributed by atoms with Crippen LogP contribution in [0.5, 0.6) is 0 Å². The second-order valence-electron chi connectivity index (χ2n) is 9.17. The van der Waals surface area contributed by atoms with Gasteiger partial charge in [0, 0.05) is 42.3 Å². The third-order valence-electron chi connectivity index (χ3n) is 6.46. The summed E-state index contributed by atoms with van der Waals surface area (Å²) in [6.45, 7) is 6.37. The highest BCUT2D eigenvalue weighted by Gasteiger charge is 2.28. The number of aromatic nitrogens is 1. The smallest absolute Gasteiger partial charge is 0.319 e. The zero-order chi connectivity index (χ0) is 24.4. The number of urea groups is 1. The first kappa shape index (κ1) is 23.4. The van der Waals surface area contributed by atoms with Crippen molar-refractivity contribution >= 4 is 28.5 Å². The van der Waals surface area contributed by atoms with E-state index in [-0.39, 0.29) is 18.0 Å². The molecule has 0 aliphatic heterocycles. The number of carbonyl (C=O) groups is 2. The third-order valence-corrected chi connectivity index (χ3v) is 6.46. The molecule has 0 unspecified atom stereocenters. The number of amides is 3. The molecule has 1 aromatic heterocycles. The molecule has 34 heavy (non-hydrogen) atoms. The molecule has 3 aromatic rings. The number of nitriles is 1. The highest BCUT2D eigenvalue weighted by Crippen LogP contribution is 2.42. The Balaban J connectivity index is 1.79. The molecule has 0 spiro atoms. The Bertz CT molecular complexity index is 1260. The van der Waals surface area contributed by atoms with Crippen LogP contribution in [-0.2, 0) is 0 Å². The van der Waals surface area contributed by atoms with E-state index in [1.165, 1.54) is 0 Å². The molecule has 1 fully saturated rings. The van der Waals surface area contributed by atoms with E-state index in [0.29, 0.717) is 29.4 Å². The molecule has 0 radical (unpaired) electrons. The first-order valence-electron chi connectivity index (χ1n) is 11.9. The average molecular weight is 458 g/mol. The lowest BCUT2D eigenvalue weighted by Gasteiger charge is -2.30. The molecule has 0 atom stereocenters. The summed E-state index contributed by atoms with van der Waals surface area (Å²) >= 11 is 0. The van der Waals surface area contributed by atoms with Crippen LogP contribution in [0.15, 0.2) is 42.5 Å². The number of hydrogen-bond acceptors (Lipinski definition) is 3. The van der Waals surface area contributed by atoms with E-state index in [0.717, 1.165) is 41.4 Å². The molecular weight excluding hydrogens is 426 g/mol. The first-order chi connectivity index (χ1) is 16.3. The molecule has 4 rings (SSSR count). The second kappa shape index (κ2) is 9.60. The Morgan fingerprint density at radius 2 is 1.88 bits per heavy atom. The fourth-order valence-electron chi connectivity index (χ4n) is 4.37. The highest BCUT2D eigenvalue weighted by atomic mass is 16.2. The van der Waals surface area contributed by atoms with Crippen molar-refractivity contribution in [2.45, 2.75) is 52.1 Å². The number of nitrogens with one attached hydrogen (secondary N) is 2. The topological polar surface area (TPSA) is 90.2 Å². The fraction of sp³-hybridized carbons (Fsp3) is 0.370. The lowest BCUT2D eigenvalue weighted by Crippen LogP contribution is -2.34. The molecule has 1 aliphatic rings. The minimum absolute atomic E-state index is 0.0459. The van der Waals surface area contributed by atoms with Crippen LogP contribution in [0.25, 0.3) is 22.2 Å². The summed E-state index contributed by atoms with van der Waals surface area (Å²) in [4.78, 5) is 26.5. The maximum atomic E-state index is 12.8. The van der Waals surface area contributed by atoms with E-state index in [1.807, 2.05) is 63.2 Å². The van der Waals surface area contributed by atoms with Crippen LogP contribution >= 0.6 is 0 Å². The minimum Gasteiger partial charge on any atom is -0.342 e. The Labute approximate surface area is 200 Å². The average Bonchev–Trinajstić information content (AvgIpc) is 3.10. The van der Waals surface area contributed by atoms with Gasteiger partial charge in [0.25, 0.3) is 5.91 Å². The number of fused-ring (bicyclic) bond motifs is 1. The summed E-state index contributed by atoms with van der Waals surface area (Å²) in [5.41, 5.74) is 4.60. The van der Waals surface area contributed by atoms with Crippen molar-refractivity contribution < 1.29 is 9.59 Å². The molecule has 7 heteroatoms. The first-order valence-corrected chi connectivity index (χ1v) is 11.9. The van der Waals surface area contributed by atoms with E-state index >= 15 is 0 Å². The number of rotatable bonds is 6. The van der Waals surface area contributed by atoms with Gasteiger partial charge in [-0.15, -0.1) is 0 Å². The van der Waals surface area contributed by atoms with Crippen molar-refractivity contribution in [2.75, 3.05) is 18.9 Å². The summed E-state index contributed by atoms with van der Waals surface area (Å²) in [6.07, 6.45) is 3.29. The van der Waals surface area contributed by atoms with Crippen molar-refractivity contribution in [3.63, 3.8) is 0 Å². The van der Waals surface area contributed by atoms with Gasteiger partial charge in [0.2, 0.25) is 0 Å². The van der Waals surface area contributed by atoms with Gasteiger partial charge in [-0.2, -0.15) is 5.26 Å². The van der Waals surface area contributed by atoms with Gasteiger partial charge in [0.1, 0.15) is 6.07 Å². The second-order valence-corrected chi connectivity index (χ2v) is 9.17. The zero-order valence-electron chi connectivity index (χ0n) is 20.2. The Kier molecular flexibility index (Phi) is 6.60. The van der Waals surface area contributed by atoms with Crippen LogP contribution in [0.2, 0.25) is 0 Å². The Hall–Kier alpha value is -3.79. The molecule has 176 valence electrons. The molecule has 2 aromatic carbocycles. The van der Waals surface area contributed by atoms with Gasteiger partial charge in [0.15, 0.2) is 0 Å². The molecule has 7 nitrogen and oxygen atoms in total. The predicted octanol–water partition coefficient (Wildman–Crippen LogP) is 5.53. The van der Waals surface area contributed by atoms with E-state index < -0.39 is 0 Å². The Morgan fingerprint density at radius 1 is 1.18 bits per heavy atom. The van der Waals surface area contributed by atoms with Crippen molar-refractivity contribution in [3.05, 3.63) is 53.6 Å². The van der Waals surface area contributed by atoms with E-state index in [1.54, 1.807) is 11.9 Å². The molecule has 2 N–H and O–H groups in total. The predicted molar refractivity (Wildman–Crippen MR) is 135 cm³/mol. The molecule has 0 bridgehead atoms. The summed E-state index contributed by atoms with van der Waals surface area (Å²) < 4.78 is 2.27. The molecule has 1 saturated carbocycles. The van der Waals surface area contributed by atoms with Crippen LogP contribution < -0.4 is 10.6 Å². The zero-order valence-corrected chi connectivity index (χ0v) is 20.2. The van der Waals surface area contributed by atoms with Gasteiger partial charge in [-0.25, -0.2) is 4.79 Å². The monoisotopic (exact) mass is 457 g/mol. The summed E-state index contributed by atoms with van der Waals surface area (Å²) in [5, 5.41) is 16.6. The van der Waals surface area contributed by atoms with Crippen molar-refractivity contribution in [2.24, 2.45) is 0 Å². The SMILES string of the molecule is CCN(C)C(=O)c1ccc2c(c1)c(C#N)c(-c1ccc(NC(=O)NC(C)C)cc1)n2C1CCC1. The Morgan fingerprint density at radius 3 is 2.44 bits per heavy atom. The van der Waals surface area contributed by atoms with Crippen molar-refractivity contribution in [1.82, 2.24) is 14.8 Å². The van der Waals surface area contributed by atoms with Gasteiger partial charge < -0.3 is 20.1 Å². The van der Waals surface area contributed by atoms with Gasteiger partial charge >= 0.3 is 6.03 Å². The molecule has 0 saturated heterocycles. The van der Waals surface area contributed by atoms with Crippen LogP contribution in [0.3, 0.4) is 0 Å². The summed E-state index contributed by atoms with van der Waals surface area (Å²) in [7, 11) is 1.78. The lowest BCUT2D eigenvalue weighted by atomic mass is 9.92. The van der Waals surface area contributed by atoms with E-state index in [4.69, 9.17) is 0 Å². The van der Waals surface area contributed by atoms with Crippen molar-refractivity contribution in [3.8, 4) is 17.3 Å². The molecule has 1 heterocycles. The highest BCUT2D eigenvalue weighted by molar-refractivity contribution is 6.02. The largest absolute Gasteiger partial charge is 0.342 e. The van der Waals surface area contributed by atoms with Crippen molar-refractivity contribution in [1.29, 1.82) is 5.26 Å². The van der Waals surface area contributed by atoms with Gasteiger partial charge in [-0.3, -0.25) is 4.79 Å². The third kappa shape index (κ3) is 4.36. The quantitative estimate of drug-likeness (QED) is 0.510. The summed E-state index contributed by atoms with van der Waals surface area (Å²) in [5.74, 6) is -0.0543. The minimum atomic E-state index is -0.252. The van der Waals surface area contributed by atoms with Gasteiger partial charge in [-0.1, -0.05) is 12.1 Å². The normalized spacial score (nSPS) is 13.4. The molecule has 1 aliphatic carbocycles. The standard InChI is InChI=1S/C27H31N5O2/c1-5-31(4)26(33)19-11-14-24-22(15-19)23(16-28)25(32(24)21-7-6-8-21)18-9-12-20(13-10-18)30-27(34)29-17(2)3/h9-15,17,21H,5-8H2,1-4H3,(H2,29,30,34). The summed E-state index contributed by atoms with van der Waals surface area (Å²) in [6, 6.07) is 15.8. The van der Waals surface area contributed by atoms with Gasteiger partial charge in [-0.05, 0) is 75.9 Å². The molecule has 3 amide bonds. The number of carbonyl (C=O) groups excluding carboxylic acids is 2. The lowest BCUT2D eigenvalue weighted by molar-refractivity contribution is 0.0802. The number of nitrogens with zero attached hydrogens (tertiary/aromatic N) is 3. The van der Waals surface area contributed by atoms with Crippen LogP contribution in [0, 0.1) is 11.3 Å². The van der Waals surface area contributed by atoms with Gasteiger partial charge in [0.05, 0.1) is 16.8 Å². The number of anilines is 1. The maximum absolute atomic E-state index is 12.8. The van der Waals surface area contributed by atoms with E-state index in [9.17, 15) is 14.9 Å². The van der Waals surface area contributed by atoms with Crippen LogP contribution in [0.1, 0.15) is 62.0 Å². The van der Waals surface area contributed by atoms with E-state index in [2.05, 4.69) is 21.3 Å². The molecular formula is C27H31N5O2. The number of benzene rings is 2.